The van der Waals surface area contributed by atoms with E-state index in [2.05, 4.69) is 28.1 Å². The number of para-hydroxylation sites is 1. The van der Waals surface area contributed by atoms with Crippen molar-refractivity contribution in [1.29, 1.82) is 0 Å². The second-order valence-corrected chi connectivity index (χ2v) is 11.3. The van der Waals surface area contributed by atoms with Crippen LogP contribution in [-0.4, -0.2) is 59.1 Å². The Hall–Kier alpha value is -2.41. The molecule has 1 spiro atoms. The molecule has 2 atom stereocenters. The largest absolute Gasteiger partial charge is 0.485 e. The number of nitrogens with zero attached hydrogens (tertiary/aromatic N) is 3. The molecular weight excluding hydrogens is 445 g/mol. The average molecular weight is 482 g/mol. The maximum absolute atomic E-state index is 14.2. The number of aryl methyl sites for hydroxylation is 1. The van der Waals surface area contributed by atoms with Crippen molar-refractivity contribution in [2.24, 2.45) is 11.3 Å². The molecule has 35 heavy (non-hydrogen) atoms. The molecule has 1 amide bonds. The van der Waals surface area contributed by atoms with Crippen LogP contribution < -0.4 is 4.74 Å². The summed E-state index contributed by atoms with van der Waals surface area (Å²) in [6.45, 7) is 5.95. The van der Waals surface area contributed by atoms with Gasteiger partial charge in [-0.3, -0.25) is 4.79 Å². The van der Waals surface area contributed by atoms with Gasteiger partial charge in [-0.25, -0.2) is 9.37 Å². The third-order valence-corrected chi connectivity index (χ3v) is 8.76. The Balaban J connectivity index is 1.00. The van der Waals surface area contributed by atoms with Crippen LogP contribution in [0.3, 0.4) is 0 Å². The summed E-state index contributed by atoms with van der Waals surface area (Å²) in [6.07, 6.45) is 7.99. The number of piperidine rings is 1. The predicted molar refractivity (Wildman–Crippen MR) is 130 cm³/mol. The molecule has 0 radical (unpaired) electrons. The number of benzene rings is 1. The first-order valence-electron chi connectivity index (χ1n) is 13.3. The van der Waals surface area contributed by atoms with E-state index >= 15 is 0 Å². The van der Waals surface area contributed by atoms with Crippen molar-refractivity contribution in [2.45, 2.75) is 76.6 Å². The number of amides is 1. The Morgan fingerprint density at radius 3 is 2.69 bits per heavy atom. The average Bonchev–Trinajstić information content (AvgIpc) is 3.47. The molecule has 0 bridgehead atoms. The molecule has 3 heterocycles. The fourth-order valence-electron chi connectivity index (χ4n) is 6.61. The Bertz CT molecular complexity index is 1050. The van der Waals surface area contributed by atoms with E-state index in [4.69, 9.17) is 9.15 Å². The van der Waals surface area contributed by atoms with Crippen LogP contribution in [0.5, 0.6) is 5.75 Å². The highest BCUT2D eigenvalue weighted by Gasteiger charge is 2.52. The molecule has 6 nitrogen and oxygen atoms in total. The van der Waals surface area contributed by atoms with Crippen LogP contribution in [0.15, 0.2) is 34.9 Å². The van der Waals surface area contributed by atoms with Gasteiger partial charge in [0, 0.05) is 31.5 Å². The van der Waals surface area contributed by atoms with E-state index in [0.717, 1.165) is 69.8 Å². The van der Waals surface area contributed by atoms with Crippen LogP contribution in [0, 0.1) is 18.3 Å². The first-order valence-corrected chi connectivity index (χ1v) is 13.3. The first-order chi connectivity index (χ1) is 17.0. The Kier molecular flexibility index (Phi) is 6.07. The minimum Gasteiger partial charge on any atom is -0.485 e. The van der Waals surface area contributed by atoms with Gasteiger partial charge < -0.3 is 19.0 Å². The van der Waals surface area contributed by atoms with Gasteiger partial charge in [0.25, 0.3) is 5.91 Å². The molecular formula is C28H36FN3O3. The zero-order valence-corrected chi connectivity index (χ0v) is 20.6. The van der Waals surface area contributed by atoms with Crippen LogP contribution in [0.25, 0.3) is 0 Å². The number of ether oxygens (including phenoxy) is 1. The summed E-state index contributed by atoms with van der Waals surface area (Å²) >= 11 is 0. The Morgan fingerprint density at radius 2 is 1.97 bits per heavy atom. The van der Waals surface area contributed by atoms with Crippen molar-refractivity contribution in [2.75, 3.05) is 26.2 Å². The zero-order valence-electron chi connectivity index (χ0n) is 20.6. The van der Waals surface area contributed by atoms with Crippen molar-refractivity contribution in [3.63, 3.8) is 0 Å². The van der Waals surface area contributed by atoms with Gasteiger partial charge in [0.05, 0.1) is 6.20 Å². The summed E-state index contributed by atoms with van der Waals surface area (Å²) in [4.78, 5) is 21.0. The molecule has 2 saturated heterocycles. The maximum Gasteiger partial charge on any atom is 0.257 e. The van der Waals surface area contributed by atoms with Crippen molar-refractivity contribution >= 4 is 5.91 Å². The number of carbonyl (C=O) groups is 1. The van der Waals surface area contributed by atoms with Crippen LogP contribution in [0.2, 0.25) is 0 Å². The minimum absolute atomic E-state index is 0.00135. The minimum atomic E-state index is -1.25. The number of halogens is 1. The summed E-state index contributed by atoms with van der Waals surface area (Å²) in [5.74, 6) is 2.59. The van der Waals surface area contributed by atoms with Crippen LogP contribution in [0.4, 0.5) is 4.39 Å². The molecule has 7 heteroatoms. The van der Waals surface area contributed by atoms with E-state index in [1.165, 1.54) is 18.4 Å². The lowest BCUT2D eigenvalue weighted by Gasteiger charge is -2.49. The molecule has 1 aromatic heterocycles. The number of rotatable bonds is 7. The third-order valence-electron chi connectivity index (χ3n) is 8.76. The summed E-state index contributed by atoms with van der Waals surface area (Å²) in [5.41, 5.74) is 1.52. The SMILES string of the molecule is Cc1ncc(COc2ccccc2C2CCN([C@H]3CCC4(C3)CN(C(=O)C(F)C3CC3)C4)CC2)o1. The van der Waals surface area contributed by atoms with Gasteiger partial charge in [0.1, 0.15) is 12.4 Å². The molecule has 4 fully saturated rings. The van der Waals surface area contributed by atoms with E-state index in [0.29, 0.717) is 24.5 Å². The van der Waals surface area contributed by atoms with Crippen LogP contribution in [0.1, 0.15) is 68.1 Å². The Morgan fingerprint density at radius 1 is 1.20 bits per heavy atom. The second-order valence-electron chi connectivity index (χ2n) is 11.3. The number of hydrogen-bond donors (Lipinski definition) is 0. The van der Waals surface area contributed by atoms with Gasteiger partial charge in [0.2, 0.25) is 0 Å². The molecule has 4 aliphatic rings. The third kappa shape index (κ3) is 4.72. The van der Waals surface area contributed by atoms with Gasteiger partial charge in [-0.15, -0.1) is 0 Å². The summed E-state index contributed by atoms with van der Waals surface area (Å²) in [5, 5.41) is 0. The number of carbonyl (C=O) groups excluding carboxylic acids is 1. The lowest BCUT2D eigenvalue weighted by atomic mass is 9.77. The fourth-order valence-corrected chi connectivity index (χ4v) is 6.61. The molecule has 1 unspecified atom stereocenters. The van der Waals surface area contributed by atoms with Crippen molar-refractivity contribution in [3.8, 4) is 5.75 Å². The monoisotopic (exact) mass is 481 g/mol. The van der Waals surface area contributed by atoms with Crippen LogP contribution in [-0.2, 0) is 11.4 Å². The van der Waals surface area contributed by atoms with Crippen molar-refractivity contribution < 1.29 is 18.3 Å². The highest BCUT2D eigenvalue weighted by molar-refractivity contribution is 5.82. The first kappa shape index (κ1) is 23.0. The quantitative estimate of drug-likeness (QED) is 0.565. The molecule has 2 saturated carbocycles. The van der Waals surface area contributed by atoms with Gasteiger partial charge >= 0.3 is 0 Å². The fraction of sp³-hybridized carbons (Fsp3) is 0.643. The molecule has 2 aromatic rings. The highest BCUT2D eigenvalue weighted by Crippen LogP contribution is 2.49. The lowest BCUT2D eigenvalue weighted by Crippen LogP contribution is -2.59. The normalized spacial score (nSPS) is 25.5. The highest BCUT2D eigenvalue weighted by atomic mass is 19.1. The number of aromatic nitrogens is 1. The maximum atomic E-state index is 14.2. The van der Waals surface area contributed by atoms with Crippen molar-refractivity contribution in [3.05, 3.63) is 47.7 Å². The standard InChI is InChI=1S/C28H36FN3O3/c1-19-30-15-23(35-19)16-34-25-5-3-2-4-24(25)20-9-12-31(13-10-20)22-8-11-28(14-22)17-32(18-28)27(33)26(29)21-6-7-21/h2-5,15,20-22,26H,6-14,16-18H2,1H3/t22-,26?/m0/s1. The zero-order chi connectivity index (χ0) is 24.0. The predicted octanol–water partition coefficient (Wildman–Crippen LogP) is 4.87. The summed E-state index contributed by atoms with van der Waals surface area (Å²) in [6, 6.07) is 8.98. The smallest absolute Gasteiger partial charge is 0.257 e. The molecule has 2 aliphatic carbocycles. The number of oxazole rings is 1. The van der Waals surface area contributed by atoms with Crippen LogP contribution >= 0.6 is 0 Å². The van der Waals surface area contributed by atoms with Gasteiger partial charge in [-0.1, -0.05) is 18.2 Å². The Labute approximate surface area is 206 Å². The van der Waals surface area contributed by atoms with Gasteiger partial charge in [0.15, 0.2) is 17.8 Å². The van der Waals surface area contributed by atoms with Crippen molar-refractivity contribution in [1.82, 2.24) is 14.8 Å². The molecule has 1 aromatic carbocycles. The van der Waals surface area contributed by atoms with Gasteiger partial charge in [-0.05, 0) is 81.5 Å². The van der Waals surface area contributed by atoms with E-state index in [1.54, 1.807) is 11.1 Å². The molecule has 0 N–H and O–H groups in total. The van der Waals surface area contributed by atoms with E-state index < -0.39 is 6.17 Å². The van der Waals surface area contributed by atoms with E-state index in [1.807, 2.05) is 13.0 Å². The number of alkyl halides is 1. The number of hydrogen-bond acceptors (Lipinski definition) is 5. The van der Waals surface area contributed by atoms with Gasteiger partial charge in [-0.2, -0.15) is 0 Å². The second kappa shape index (κ2) is 9.23. The molecule has 188 valence electrons. The lowest BCUT2D eigenvalue weighted by molar-refractivity contribution is -0.149. The summed E-state index contributed by atoms with van der Waals surface area (Å²) in [7, 11) is 0. The molecule has 6 rings (SSSR count). The summed E-state index contributed by atoms with van der Waals surface area (Å²) < 4.78 is 25.9. The van der Waals surface area contributed by atoms with E-state index in [9.17, 15) is 9.18 Å². The molecule has 2 aliphatic heterocycles. The topological polar surface area (TPSA) is 58.8 Å². The number of likely N-dealkylation sites (tertiary alicyclic amines) is 2. The van der Waals surface area contributed by atoms with E-state index in [-0.39, 0.29) is 17.2 Å².